The molecule has 1 unspecified atom stereocenters. The minimum atomic E-state index is -0.356. The number of ether oxygens (including phenoxy) is 1. The van der Waals surface area contributed by atoms with E-state index in [0.717, 1.165) is 31.5 Å². The van der Waals surface area contributed by atoms with E-state index >= 15 is 0 Å². The van der Waals surface area contributed by atoms with E-state index in [0.29, 0.717) is 13.2 Å². The van der Waals surface area contributed by atoms with Gasteiger partial charge in [0.05, 0.1) is 6.61 Å². The molecule has 1 saturated heterocycles. The Morgan fingerprint density at radius 1 is 1.55 bits per heavy atom. The fourth-order valence-electron chi connectivity index (χ4n) is 2.55. The molecule has 4 nitrogen and oxygen atoms in total. The summed E-state index contributed by atoms with van der Waals surface area (Å²) < 4.78 is 18.1. The van der Waals surface area contributed by atoms with Crippen LogP contribution in [0.2, 0.25) is 0 Å². The zero-order valence-corrected chi connectivity index (χ0v) is 11.8. The van der Waals surface area contributed by atoms with Crippen molar-refractivity contribution in [2.45, 2.75) is 32.4 Å². The minimum absolute atomic E-state index is 0.108. The zero-order chi connectivity index (χ0) is 14.4. The van der Waals surface area contributed by atoms with Crippen LogP contribution in [0, 0.1) is 5.82 Å². The summed E-state index contributed by atoms with van der Waals surface area (Å²) in [5, 5.41) is 2.87. The minimum Gasteiger partial charge on any atom is -0.450 e. The number of rotatable bonds is 4. The van der Waals surface area contributed by atoms with Gasteiger partial charge in [-0.1, -0.05) is 12.1 Å². The lowest BCUT2D eigenvalue weighted by Crippen LogP contribution is -2.47. The van der Waals surface area contributed by atoms with Crippen LogP contribution in [0.15, 0.2) is 24.3 Å². The Morgan fingerprint density at radius 2 is 2.40 bits per heavy atom. The van der Waals surface area contributed by atoms with Crippen LogP contribution in [0.1, 0.15) is 25.3 Å². The van der Waals surface area contributed by atoms with Crippen molar-refractivity contribution in [3.05, 3.63) is 35.6 Å². The highest BCUT2D eigenvalue weighted by molar-refractivity contribution is 5.67. The van der Waals surface area contributed by atoms with Gasteiger partial charge in [-0.3, -0.25) is 4.90 Å². The van der Waals surface area contributed by atoms with Crippen molar-refractivity contribution < 1.29 is 13.9 Å². The molecule has 5 heteroatoms. The number of nitrogens with zero attached hydrogens (tertiary/aromatic N) is 1. The van der Waals surface area contributed by atoms with Crippen molar-refractivity contribution in [3.8, 4) is 0 Å². The molecule has 0 bridgehead atoms. The zero-order valence-electron chi connectivity index (χ0n) is 11.8. The molecule has 0 spiro atoms. The number of nitrogens with one attached hydrogen (secondary N) is 1. The van der Waals surface area contributed by atoms with E-state index in [1.54, 1.807) is 19.1 Å². The number of hydrogen-bond acceptors (Lipinski definition) is 3. The lowest BCUT2D eigenvalue weighted by molar-refractivity contribution is 0.132. The second-order valence-corrected chi connectivity index (χ2v) is 5.07. The molecule has 0 aromatic heterocycles. The first-order valence-corrected chi connectivity index (χ1v) is 7.07. The molecule has 0 radical (unpaired) electrons. The monoisotopic (exact) mass is 280 g/mol. The molecule has 1 heterocycles. The Labute approximate surface area is 118 Å². The maximum atomic E-state index is 13.2. The van der Waals surface area contributed by atoms with Crippen LogP contribution in [0.4, 0.5) is 9.18 Å². The Kier molecular flexibility index (Phi) is 5.35. The number of alkyl carbamates (subject to hydrolysis) is 1. The van der Waals surface area contributed by atoms with Crippen molar-refractivity contribution >= 4 is 6.09 Å². The number of carbonyl (C=O) groups is 1. The fourth-order valence-corrected chi connectivity index (χ4v) is 2.55. The summed E-state index contributed by atoms with van der Waals surface area (Å²) in [6.07, 6.45) is 1.62. The predicted molar refractivity (Wildman–Crippen MR) is 74.9 cm³/mol. The summed E-state index contributed by atoms with van der Waals surface area (Å²) in [7, 11) is 0. The molecule has 1 fully saturated rings. The lowest BCUT2D eigenvalue weighted by atomic mass is 10.0. The average molecular weight is 280 g/mol. The third kappa shape index (κ3) is 4.49. The van der Waals surface area contributed by atoms with Crippen LogP contribution in [0.3, 0.4) is 0 Å². The Bertz CT molecular complexity index is 453. The van der Waals surface area contributed by atoms with Crippen LogP contribution < -0.4 is 5.32 Å². The highest BCUT2D eigenvalue weighted by Crippen LogP contribution is 2.14. The molecule has 1 aromatic rings. The number of amides is 1. The first kappa shape index (κ1) is 14.8. The van der Waals surface area contributed by atoms with Gasteiger partial charge in [-0.25, -0.2) is 9.18 Å². The van der Waals surface area contributed by atoms with Crippen molar-refractivity contribution in [2.75, 3.05) is 19.7 Å². The summed E-state index contributed by atoms with van der Waals surface area (Å²) in [6.45, 7) is 4.62. The lowest BCUT2D eigenvalue weighted by Gasteiger charge is -2.32. The number of likely N-dealkylation sites (tertiary alicyclic amines) is 1. The van der Waals surface area contributed by atoms with Gasteiger partial charge in [0.2, 0.25) is 0 Å². The molecule has 1 aliphatic heterocycles. The van der Waals surface area contributed by atoms with E-state index in [1.165, 1.54) is 6.07 Å². The van der Waals surface area contributed by atoms with E-state index in [-0.39, 0.29) is 18.0 Å². The van der Waals surface area contributed by atoms with Gasteiger partial charge in [-0.15, -0.1) is 0 Å². The average Bonchev–Trinajstić information content (AvgIpc) is 2.39. The standard InChI is InChI=1S/C15H21FN2O2/c1-2-20-15(19)17-14-7-4-8-18(11-14)10-12-5-3-6-13(16)9-12/h3,5-6,9,14H,2,4,7-8,10-11H2,1H3,(H,17,19). The molecule has 20 heavy (non-hydrogen) atoms. The first-order chi connectivity index (χ1) is 9.67. The largest absolute Gasteiger partial charge is 0.450 e. The van der Waals surface area contributed by atoms with Crippen LogP contribution in [-0.4, -0.2) is 36.7 Å². The highest BCUT2D eigenvalue weighted by Gasteiger charge is 2.21. The molecule has 2 rings (SSSR count). The van der Waals surface area contributed by atoms with E-state index in [9.17, 15) is 9.18 Å². The Balaban J connectivity index is 1.85. The van der Waals surface area contributed by atoms with E-state index in [1.807, 2.05) is 6.07 Å². The molecule has 0 saturated carbocycles. The Hall–Kier alpha value is -1.62. The quantitative estimate of drug-likeness (QED) is 0.921. The second kappa shape index (κ2) is 7.24. The SMILES string of the molecule is CCOC(=O)NC1CCCN(Cc2cccc(F)c2)C1. The fraction of sp³-hybridized carbons (Fsp3) is 0.533. The van der Waals surface area contributed by atoms with Gasteiger partial charge < -0.3 is 10.1 Å². The maximum absolute atomic E-state index is 13.2. The summed E-state index contributed by atoms with van der Waals surface area (Å²) >= 11 is 0. The van der Waals surface area contributed by atoms with Crippen LogP contribution >= 0.6 is 0 Å². The molecule has 0 aliphatic carbocycles. The number of piperidine rings is 1. The smallest absolute Gasteiger partial charge is 0.407 e. The maximum Gasteiger partial charge on any atom is 0.407 e. The van der Waals surface area contributed by atoms with Gasteiger partial charge in [-0.05, 0) is 44.0 Å². The molecule has 1 atom stereocenters. The van der Waals surface area contributed by atoms with Crippen molar-refractivity contribution in [1.29, 1.82) is 0 Å². The molecular formula is C15H21FN2O2. The number of hydrogen-bond donors (Lipinski definition) is 1. The number of halogens is 1. The van der Waals surface area contributed by atoms with Gasteiger partial charge in [0, 0.05) is 19.1 Å². The first-order valence-electron chi connectivity index (χ1n) is 7.07. The summed E-state index contributed by atoms with van der Waals surface area (Å²) in [5.74, 6) is -0.208. The molecule has 1 aliphatic rings. The van der Waals surface area contributed by atoms with Crippen LogP contribution in [0.5, 0.6) is 0 Å². The number of carbonyl (C=O) groups excluding carboxylic acids is 1. The Morgan fingerprint density at radius 3 is 3.15 bits per heavy atom. The summed E-state index contributed by atoms with van der Waals surface area (Å²) in [6, 6.07) is 6.76. The summed E-state index contributed by atoms with van der Waals surface area (Å²) in [4.78, 5) is 13.7. The predicted octanol–water partition coefficient (Wildman–Crippen LogP) is 2.54. The third-order valence-electron chi connectivity index (χ3n) is 3.40. The van der Waals surface area contributed by atoms with E-state index in [4.69, 9.17) is 4.74 Å². The molecule has 1 amide bonds. The van der Waals surface area contributed by atoms with Crippen LogP contribution in [-0.2, 0) is 11.3 Å². The molecule has 110 valence electrons. The van der Waals surface area contributed by atoms with Gasteiger partial charge in [0.1, 0.15) is 5.82 Å². The molecule has 1 N–H and O–H groups in total. The number of benzene rings is 1. The third-order valence-corrected chi connectivity index (χ3v) is 3.40. The highest BCUT2D eigenvalue weighted by atomic mass is 19.1. The topological polar surface area (TPSA) is 41.6 Å². The van der Waals surface area contributed by atoms with Gasteiger partial charge in [-0.2, -0.15) is 0 Å². The second-order valence-electron chi connectivity index (χ2n) is 5.07. The van der Waals surface area contributed by atoms with Crippen LogP contribution in [0.25, 0.3) is 0 Å². The normalized spacial score (nSPS) is 19.6. The molecular weight excluding hydrogens is 259 g/mol. The van der Waals surface area contributed by atoms with Gasteiger partial charge >= 0.3 is 6.09 Å². The van der Waals surface area contributed by atoms with Crippen molar-refractivity contribution in [2.24, 2.45) is 0 Å². The van der Waals surface area contributed by atoms with Gasteiger partial charge in [0.25, 0.3) is 0 Å². The summed E-state index contributed by atoms with van der Waals surface area (Å²) in [5.41, 5.74) is 0.960. The van der Waals surface area contributed by atoms with E-state index in [2.05, 4.69) is 10.2 Å². The van der Waals surface area contributed by atoms with Crippen molar-refractivity contribution in [1.82, 2.24) is 10.2 Å². The van der Waals surface area contributed by atoms with Gasteiger partial charge in [0.15, 0.2) is 0 Å². The van der Waals surface area contributed by atoms with E-state index < -0.39 is 0 Å². The molecule has 1 aromatic carbocycles. The van der Waals surface area contributed by atoms with Crippen molar-refractivity contribution in [3.63, 3.8) is 0 Å².